The van der Waals surface area contributed by atoms with Gasteiger partial charge in [0.1, 0.15) is 5.82 Å². The lowest BCUT2D eigenvalue weighted by molar-refractivity contribution is 0.0920. The molecule has 0 saturated heterocycles. The van der Waals surface area contributed by atoms with E-state index in [1.54, 1.807) is 45.7 Å². The summed E-state index contributed by atoms with van der Waals surface area (Å²) in [5, 5.41) is 9.36. The fourth-order valence-corrected chi connectivity index (χ4v) is 3.41. The van der Waals surface area contributed by atoms with Crippen LogP contribution in [0.25, 0.3) is 0 Å². The number of anilines is 4. The summed E-state index contributed by atoms with van der Waals surface area (Å²) in [6.45, 7) is 5.80. The molecule has 10 heteroatoms. The van der Waals surface area contributed by atoms with Crippen molar-refractivity contribution in [2.45, 2.75) is 26.3 Å². The first-order chi connectivity index (χ1) is 16.1. The fourth-order valence-electron chi connectivity index (χ4n) is 3.12. The number of carbonyl (C=O) groups excluding carboxylic acids is 1. The maximum atomic E-state index is 12.8. The van der Waals surface area contributed by atoms with Crippen LogP contribution in [0.2, 0.25) is 0 Å². The van der Waals surface area contributed by atoms with E-state index in [4.69, 9.17) is 14.2 Å². The summed E-state index contributed by atoms with van der Waals surface area (Å²) in [6, 6.07) is 10.7. The molecule has 0 spiro atoms. The molecule has 3 rings (SSSR count). The monoisotopic (exact) mass is 529 g/mol. The van der Waals surface area contributed by atoms with Crippen molar-refractivity contribution in [2.24, 2.45) is 0 Å². The van der Waals surface area contributed by atoms with Crippen molar-refractivity contribution in [3.8, 4) is 17.2 Å². The van der Waals surface area contributed by atoms with Crippen molar-refractivity contribution >= 4 is 45.0 Å². The Kier molecular flexibility index (Phi) is 7.83. The molecule has 1 heterocycles. The SMILES string of the molecule is COc1cc(Nc2ncc(Br)c(Nc3ccccc3C(=O)NC(C)(C)C)n2)cc(OC)c1OC. The zero-order valence-corrected chi connectivity index (χ0v) is 21.5. The number of para-hydroxylation sites is 1. The molecule has 0 unspecified atom stereocenters. The third kappa shape index (κ3) is 6.07. The summed E-state index contributed by atoms with van der Waals surface area (Å²) < 4.78 is 16.8. The molecule has 0 aliphatic rings. The normalized spacial score (nSPS) is 10.9. The Morgan fingerprint density at radius 3 is 2.21 bits per heavy atom. The standard InChI is InChI=1S/C24H28BrN5O4/c1-24(2,3)30-22(31)15-9-7-8-10-17(15)28-21-16(25)13-26-23(29-21)27-14-11-18(32-4)20(34-6)19(12-14)33-5/h7-13H,1-6H3,(H,30,31)(H2,26,27,28,29). The molecule has 0 radical (unpaired) electrons. The highest BCUT2D eigenvalue weighted by molar-refractivity contribution is 9.10. The number of hydrogen-bond donors (Lipinski definition) is 3. The Bertz CT molecular complexity index is 1160. The predicted octanol–water partition coefficient (Wildman–Crippen LogP) is 5.28. The van der Waals surface area contributed by atoms with Crippen molar-refractivity contribution in [2.75, 3.05) is 32.0 Å². The van der Waals surface area contributed by atoms with Gasteiger partial charge in [0.05, 0.1) is 37.1 Å². The second kappa shape index (κ2) is 10.6. The summed E-state index contributed by atoms with van der Waals surface area (Å²) in [5.41, 5.74) is 1.40. The van der Waals surface area contributed by atoms with Gasteiger partial charge < -0.3 is 30.2 Å². The number of amides is 1. The highest BCUT2D eigenvalue weighted by atomic mass is 79.9. The molecule has 9 nitrogen and oxygen atoms in total. The lowest BCUT2D eigenvalue weighted by Gasteiger charge is -2.21. The van der Waals surface area contributed by atoms with Crippen LogP contribution in [-0.4, -0.2) is 42.7 Å². The molecule has 0 fully saturated rings. The van der Waals surface area contributed by atoms with E-state index in [2.05, 4.69) is 41.8 Å². The number of halogens is 1. The van der Waals surface area contributed by atoms with E-state index >= 15 is 0 Å². The molecule has 0 aliphatic carbocycles. The van der Waals surface area contributed by atoms with E-state index in [1.165, 1.54) is 0 Å². The predicted molar refractivity (Wildman–Crippen MR) is 136 cm³/mol. The molecule has 1 amide bonds. The number of rotatable bonds is 8. The van der Waals surface area contributed by atoms with Crippen molar-refractivity contribution in [3.63, 3.8) is 0 Å². The average Bonchev–Trinajstić information content (AvgIpc) is 2.79. The van der Waals surface area contributed by atoms with Crippen molar-refractivity contribution in [1.82, 2.24) is 15.3 Å². The second-order valence-corrected chi connectivity index (χ2v) is 9.16. The summed E-state index contributed by atoms with van der Waals surface area (Å²) in [4.78, 5) is 21.7. The third-order valence-corrected chi connectivity index (χ3v) is 5.16. The summed E-state index contributed by atoms with van der Waals surface area (Å²) >= 11 is 3.48. The van der Waals surface area contributed by atoms with Crippen LogP contribution in [0.4, 0.5) is 23.1 Å². The van der Waals surface area contributed by atoms with Crippen LogP contribution in [0.5, 0.6) is 17.2 Å². The molecule has 0 saturated carbocycles. The van der Waals surface area contributed by atoms with Gasteiger partial charge in [0.15, 0.2) is 11.5 Å². The zero-order chi connectivity index (χ0) is 24.9. The number of benzene rings is 2. The van der Waals surface area contributed by atoms with Gasteiger partial charge in [-0.15, -0.1) is 0 Å². The quantitative estimate of drug-likeness (QED) is 0.361. The van der Waals surface area contributed by atoms with Gasteiger partial charge in [-0.05, 0) is 48.8 Å². The van der Waals surface area contributed by atoms with Crippen LogP contribution in [0, 0.1) is 0 Å². The summed E-state index contributed by atoms with van der Waals surface area (Å²) in [5.74, 6) is 2.12. The second-order valence-electron chi connectivity index (χ2n) is 8.30. The summed E-state index contributed by atoms with van der Waals surface area (Å²) in [7, 11) is 4.64. The van der Waals surface area contributed by atoms with E-state index in [0.29, 0.717) is 50.4 Å². The minimum absolute atomic E-state index is 0.184. The molecular formula is C24H28BrN5O4. The lowest BCUT2D eigenvalue weighted by atomic mass is 10.1. The molecular weight excluding hydrogens is 502 g/mol. The molecule has 0 aliphatic heterocycles. The van der Waals surface area contributed by atoms with Gasteiger partial charge in [-0.25, -0.2) is 4.98 Å². The first-order valence-electron chi connectivity index (χ1n) is 10.4. The highest BCUT2D eigenvalue weighted by Crippen LogP contribution is 2.40. The molecule has 180 valence electrons. The molecule has 34 heavy (non-hydrogen) atoms. The zero-order valence-electron chi connectivity index (χ0n) is 19.9. The topological polar surface area (TPSA) is 107 Å². The molecule has 0 bridgehead atoms. The number of nitrogens with zero attached hydrogens (tertiary/aromatic N) is 2. The molecule has 1 aromatic heterocycles. The van der Waals surface area contributed by atoms with Crippen LogP contribution >= 0.6 is 15.9 Å². The number of aromatic nitrogens is 2. The average molecular weight is 530 g/mol. The number of ether oxygens (including phenoxy) is 3. The van der Waals surface area contributed by atoms with Crippen LogP contribution < -0.4 is 30.2 Å². The van der Waals surface area contributed by atoms with E-state index in [9.17, 15) is 4.79 Å². The number of methoxy groups -OCH3 is 3. The Morgan fingerprint density at radius 1 is 0.971 bits per heavy atom. The first-order valence-corrected chi connectivity index (χ1v) is 11.2. The third-order valence-electron chi connectivity index (χ3n) is 4.58. The van der Waals surface area contributed by atoms with Crippen molar-refractivity contribution in [1.29, 1.82) is 0 Å². The maximum absolute atomic E-state index is 12.8. The molecule has 2 aromatic carbocycles. The van der Waals surface area contributed by atoms with Gasteiger partial charge in [-0.3, -0.25) is 4.79 Å². The molecule has 3 N–H and O–H groups in total. The smallest absolute Gasteiger partial charge is 0.253 e. The van der Waals surface area contributed by atoms with Crippen LogP contribution in [0.1, 0.15) is 31.1 Å². The van der Waals surface area contributed by atoms with Crippen LogP contribution in [-0.2, 0) is 0 Å². The highest BCUT2D eigenvalue weighted by Gasteiger charge is 2.19. The lowest BCUT2D eigenvalue weighted by Crippen LogP contribution is -2.40. The maximum Gasteiger partial charge on any atom is 0.253 e. The largest absolute Gasteiger partial charge is 0.493 e. The Balaban J connectivity index is 1.90. The fraction of sp³-hybridized carbons (Fsp3) is 0.292. The van der Waals surface area contributed by atoms with Crippen molar-refractivity contribution < 1.29 is 19.0 Å². The van der Waals surface area contributed by atoms with Gasteiger partial charge in [0, 0.05) is 29.6 Å². The van der Waals surface area contributed by atoms with E-state index in [0.717, 1.165) is 0 Å². The summed E-state index contributed by atoms with van der Waals surface area (Å²) in [6.07, 6.45) is 1.62. The number of nitrogens with one attached hydrogen (secondary N) is 3. The Labute approximate surface area is 207 Å². The minimum atomic E-state index is -0.364. The van der Waals surface area contributed by atoms with Gasteiger partial charge in [-0.1, -0.05) is 12.1 Å². The minimum Gasteiger partial charge on any atom is -0.493 e. The van der Waals surface area contributed by atoms with Gasteiger partial charge in [0.2, 0.25) is 11.7 Å². The number of carbonyl (C=O) groups is 1. The number of hydrogen-bond acceptors (Lipinski definition) is 8. The van der Waals surface area contributed by atoms with E-state index < -0.39 is 0 Å². The van der Waals surface area contributed by atoms with Gasteiger partial charge in [0.25, 0.3) is 5.91 Å². The first kappa shape index (κ1) is 25.1. The van der Waals surface area contributed by atoms with Crippen LogP contribution in [0.3, 0.4) is 0 Å². The van der Waals surface area contributed by atoms with Gasteiger partial charge in [-0.2, -0.15) is 4.98 Å². The van der Waals surface area contributed by atoms with E-state index in [1.807, 2.05) is 39.0 Å². The Morgan fingerprint density at radius 2 is 1.62 bits per heavy atom. The molecule has 3 aromatic rings. The Hall–Kier alpha value is -3.53. The van der Waals surface area contributed by atoms with Gasteiger partial charge >= 0.3 is 0 Å². The van der Waals surface area contributed by atoms with E-state index in [-0.39, 0.29) is 11.4 Å². The van der Waals surface area contributed by atoms with Crippen molar-refractivity contribution in [3.05, 3.63) is 52.6 Å². The molecule has 0 atom stereocenters. The van der Waals surface area contributed by atoms with Crippen LogP contribution in [0.15, 0.2) is 47.1 Å².